The van der Waals surface area contributed by atoms with Crippen LogP contribution in [0.1, 0.15) is 0 Å². The summed E-state index contributed by atoms with van der Waals surface area (Å²) < 4.78 is 2.20. The molecule has 0 aliphatic rings. The molecule has 0 saturated heterocycles. The molecule has 3 N–H and O–H groups in total. The van der Waals surface area contributed by atoms with Gasteiger partial charge in [0.1, 0.15) is 6.54 Å². The van der Waals surface area contributed by atoms with Crippen molar-refractivity contribution in [2.75, 3.05) is 11.1 Å². The van der Waals surface area contributed by atoms with Gasteiger partial charge in [-0.3, -0.25) is 9.59 Å². The Morgan fingerprint density at radius 2 is 1.89 bits per heavy atom. The third-order valence-corrected chi connectivity index (χ3v) is 2.98. The molecule has 19 heavy (non-hydrogen) atoms. The molecule has 2 rings (SSSR count). The van der Waals surface area contributed by atoms with Crippen molar-refractivity contribution in [2.45, 2.75) is 6.54 Å². The van der Waals surface area contributed by atoms with Gasteiger partial charge in [0, 0.05) is 28.1 Å². The Bertz CT molecular complexity index is 650. The highest BCUT2D eigenvalue weighted by Gasteiger charge is 2.05. The normalized spacial score (nSPS) is 10.2. The van der Waals surface area contributed by atoms with Crippen LogP contribution >= 0.6 is 15.9 Å². The minimum absolute atomic E-state index is 0.0695. The number of hydrogen-bond donors (Lipinski definition) is 2. The number of nitrogen functional groups attached to an aromatic ring is 1. The van der Waals surface area contributed by atoms with Gasteiger partial charge in [-0.25, -0.2) is 0 Å². The van der Waals surface area contributed by atoms with E-state index < -0.39 is 0 Å². The quantitative estimate of drug-likeness (QED) is 0.905. The Labute approximate surface area is 118 Å². The summed E-state index contributed by atoms with van der Waals surface area (Å²) in [6.45, 7) is -0.0695. The largest absolute Gasteiger partial charge is 0.398 e. The van der Waals surface area contributed by atoms with Gasteiger partial charge in [-0.1, -0.05) is 15.9 Å². The van der Waals surface area contributed by atoms with Crippen molar-refractivity contribution in [3.63, 3.8) is 0 Å². The first-order valence-electron chi connectivity index (χ1n) is 5.56. The van der Waals surface area contributed by atoms with Crippen LogP contribution in [0.5, 0.6) is 0 Å². The molecule has 0 atom stereocenters. The van der Waals surface area contributed by atoms with Gasteiger partial charge < -0.3 is 15.6 Å². The van der Waals surface area contributed by atoms with E-state index in [2.05, 4.69) is 21.2 Å². The zero-order chi connectivity index (χ0) is 13.8. The highest BCUT2D eigenvalue weighted by molar-refractivity contribution is 9.10. The zero-order valence-electron chi connectivity index (χ0n) is 9.97. The van der Waals surface area contributed by atoms with Crippen LogP contribution in [0.4, 0.5) is 11.4 Å². The summed E-state index contributed by atoms with van der Waals surface area (Å²) in [5.41, 5.74) is 6.42. The van der Waals surface area contributed by atoms with E-state index in [1.165, 1.54) is 22.9 Å². The third kappa shape index (κ3) is 3.69. The van der Waals surface area contributed by atoms with Crippen molar-refractivity contribution in [3.8, 4) is 0 Å². The molecule has 0 spiro atoms. The number of nitrogens with one attached hydrogen (secondary N) is 1. The molecule has 2 aromatic rings. The Hall–Kier alpha value is -2.08. The fourth-order valence-corrected chi connectivity index (χ4v) is 1.83. The minimum atomic E-state index is -0.282. The van der Waals surface area contributed by atoms with E-state index in [4.69, 9.17) is 5.73 Å². The van der Waals surface area contributed by atoms with Gasteiger partial charge in [0.15, 0.2) is 0 Å². The van der Waals surface area contributed by atoms with Gasteiger partial charge in [0.2, 0.25) is 5.91 Å². The molecule has 0 unspecified atom stereocenters. The van der Waals surface area contributed by atoms with Crippen molar-refractivity contribution in [1.82, 2.24) is 4.57 Å². The van der Waals surface area contributed by atoms with Gasteiger partial charge >= 0.3 is 0 Å². The maximum Gasteiger partial charge on any atom is 0.251 e. The monoisotopic (exact) mass is 321 g/mol. The first-order valence-corrected chi connectivity index (χ1v) is 6.35. The van der Waals surface area contributed by atoms with E-state index in [-0.39, 0.29) is 18.0 Å². The summed E-state index contributed by atoms with van der Waals surface area (Å²) in [6, 6.07) is 10.0. The number of pyridine rings is 1. The maximum atomic E-state index is 11.8. The predicted octanol–water partition coefficient (Wildman–Crippen LogP) is 1.83. The lowest BCUT2D eigenvalue weighted by Crippen LogP contribution is -2.26. The first-order chi connectivity index (χ1) is 9.04. The van der Waals surface area contributed by atoms with Gasteiger partial charge in [0.05, 0.1) is 0 Å². The fraction of sp³-hybridized carbons (Fsp3) is 0.0769. The molecule has 0 radical (unpaired) electrons. The molecule has 1 aromatic heterocycles. The van der Waals surface area contributed by atoms with Crippen molar-refractivity contribution >= 4 is 33.2 Å². The predicted molar refractivity (Wildman–Crippen MR) is 77.9 cm³/mol. The molecule has 0 aliphatic carbocycles. The third-order valence-electron chi connectivity index (χ3n) is 2.45. The fourth-order valence-electron chi connectivity index (χ4n) is 1.56. The first kappa shape index (κ1) is 13.4. The Morgan fingerprint density at radius 1 is 1.21 bits per heavy atom. The molecule has 0 fully saturated rings. The number of amides is 1. The number of carbonyl (C=O) groups excluding carboxylic acids is 1. The summed E-state index contributed by atoms with van der Waals surface area (Å²) in [5.74, 6) is -0.282. The van der Waals surface area contributed by atoms with Crippen LogP contribution in [0.2, 0.25) is 0 Å². The topological polar surface area (TPSA) is 77.1 Å². The summed E-state index contributed by atoms with van der Waals surface area (Å²) in [4.78, 5) is 23.3. The average Bonchev–Trinajstić information content (AvgIpc) is 2.37. The molecule has 1 amide bonds. The number of rotatable bonds is 3. The Morgan fingerprint density at radius 3 is 2.58 bits per heavy atom. The number of halogens is 1. The average molecular weight is 322 g/mol. The lowest BCUT2D eigenvalue weighted by Gasteiger charge is -2.08. The molecule has 0 saturated carbocycles. The van der Waals surface area contributed by atoms with Crippen molar-refractivity contribution in [2.24, 2.45) is 0 Å². The molecule has 0 aliphatic heterocycles. The summed E-state index contributed by atoms with van der Waals surface area (Å²) in [5, 5.41) is 2.70. The minimum Gasteiger partial charge on any atom is -0.398 e. The number of aromatic nitrogens is 1. The van der Waals surface area contributed by atoms with E-state index in [1.807, 2.05) is 12.1 Å². The van der Waals surface area contributed by atoms with Crippen molar-refractivity contribution in [1.29, 1.82) is 0 Å². The van der Waals surface area contributed by atoms with Crippen LogP contribution in [0.25, 0.3) is 0 Å². The lowest BCUT2D eigenvalue weighted by molar-refractivity contribution is -0.116. The van der Waals surface area contributed by atoms with Crippen LogP contribution in [-0.2, 0) is 11.3 Å². The number of nitrogens with zero attached hydrogens (tertiary/aromatic N) is 1. The van der Waals surface area contributed by atoms with E-state index in [0.29, 0.717) is 11.4 Å². The Kier molecular flexibility index (Phi) is 4.01. The second-order valence-corrected chi connectivity index (χ2v) is 4.90. The molecular weight excluding hydrogens is 310 g/mol. The molecule has 6 heteroatoms. The summed E-state index contributed by atoms with van der Waals surface area (Å²) >= 11 is 3.31. The number of nitrogens with two attached hydrogens (primary N) is 1. The van der Waals surface area contributed by atoms with E-state index in [1.54, 1.807) is 12.1 Å². The second-order valence-electron chi connectivity index (χ2n) is 3.98. The van der Waals surface area contributed by atoms with Gasteiger partial charge in [-0.2, -0.15) is 0 Å². The van der Waals surface area contributed by atoms with Crippen LogP contribution in [0, 0.1) is 0 Å². The van der Waals surface area contributed by atoms with Gasteiger partial charge in [-0.15, -0.1) is 0 Å². The van der Waals surface area contributed by atoms with Gasteiger partial charge in [0.25, 0.3) is 5.56 Å². The maximum absolute atomic E-state index is 11.8. The highest BCUT2D eigenvalue weighted by Crippen LogP contribution is 2.14. The van der Waals surface area contributed by atoms with Crippen LogP contribution < -0.4 is 16.6 Å². The summed E-state index contributed by atoms with van der Waals surface area (Å²) in [7, 11) is 0. The number of anilines is 2. The highest BCUT2D eigenvalue weighted by atomic mass is 79.9. The van der Waals surface area contributed by atoms with Crippen molar-refractivity contribution in [3.05, 3.63) is 57.4 Å². The van der Waals surface area contributed by atoms with E-state index in [9.17, 15) is 9.59 Å². The lowest BCUT2D eigenvalue weighted by atomic mass is 10.3. The standard InChI is InChI=1S/C13H12BrN3O2/c14-9-1-4-11(5-2-9)16-12(18)8-17-7-10(15)3-6-13(17)19/h1-7H,8,15H2,(H,16,18). The zero-order valence-corrected chi connectivity index (χ0v) is 11.6. The SMILES string of the molecule is Nc1ccc(=O)n(CC(=O)Nc2ccc(Br)cc2)c1. The second kappa shape index (κ2) is 5.71. The van der Waals surface area contributed by atoms with Gasteiger partial charge in [-0.05, 0) is 30.3 Å². The van der Waals surface area contributed by atoms with Crippen LogP contribution in [-0.4, -0.2) is 10.5 Å². The Balaban J connectivity index is 2.07. The van der Waals surface area contributed by atoms with E-state index >= 15 is 0 Å². The number of carbonyl (C=O) groups is 1. The number of hydrogen-bond acceptors (Lipinski definition) is 3. The molecule has 5 nitrogen and oxygen atoms in total. The molecule has 0 bridgehead atoms. The molecule has 1 aromatic carbocycles. The summed E-state index contributed by atoms with van der Waals surface area (Å²) in [6.07, 6.45) is 1.45. The molecule has 1 heterocycles. The number of benzene rings is 1. The molecular formula is C13H12BrN3O2. The van der Waals surface area contributed by atoms with Crippen molar-refractivity contribution < 1.29 is 4.79 Å². The molecule has 98 valence electrons. The van der Waals surface area contributed by atoms with E-state index in [0.717, 1.165) is 4.47 Å². The smallest absolute Gasteiger partial charge is 0.251 e. The van der Waals surface area contributed by atoms with Crippen LogP contribution in [0.15, 0.2) is 51.9 Å². The van der Waals surface area contributed by atoms with Crippen LogP contribution in [0.3, 0.4) is 0 Å².